The van der Waals surface area contributed by atoms with Gasteiger partial charge in [0, 0.05) is 31.7 Å². The second kappa shape index (κ2) is 6.53. The third-order valence-corrected chi connectivity index (χ3v) is 2.66. The lowest BCUT2D eigenvalue weighted by atomic mass is 10.2. The molecule has 0 saturated heterocycles. The van der Waals surface area contributed by atoms with Crippen molar-refractivity contribution in [1.29, 1.82) is 0 Å². The molecular formula is C13H16N4O2. The predicted molar refractivity (Wildman–Crippen MR) is 70.9 cm³/mol. The summed E-state index contributed by atoms with van der Waals surface area (Å²) < 4.78 is 6.71. The Balaban J connectivity index is 1.87. The molecule has 0 aromatic carbocycles. The fourth-order valence-corrected chi connectivity index (χ4v) is 1.71. The van der Waals surface area contributed by atoms with Crippen molar-refractivity contribution in [1.82, 2.24) is 14.5 Å². The summed E-state index contributed by atoms with van der Waals surface area (Å²) in [5.41, 5.74) is 0.452. The maximum atomic E-state index is 11.5. The van der Waals surface area contributed by atoms with Gasteiger partial charge in [-0.25, -0.2) is 14.8 Å². The Morgan fingerprint density at radius 3 is 3.11 bits per heavy atom. The van der Waals surface area contributed by atoms with E-state index in [1.807, 2.05) is 10.8 Å². The first-order chi connectivity index (χ1) is 9.31. The first-order valence-corrected chi connectivity index (χ1v) is 6.04. The number of imidazole rings is 1. The van der Waals surface area contributed by atoms with Crippen LogP contribution in [-0.4, -0.2) is 34.2 Å². The third-order valence-electron chi connectivity index (χ3n) is 2.66. The van der Waals surface area contributed by atoms with E-state index in [-0.39, 0.29) is 5.97 Å². The van der Waals surface area contributed by atoms with E-state index in [0.717, 1.165) is 19.5 Å². The van der Waals surface area contributed by atoms with E-state index in [9.17, 15) is 4.79 Å². The van der Waals surface area contributed by atoms with Gasteiger partial charge in [-0.15, -0.1) is 0 Å². The lowest BCUT2D eigenvalue weighted by Gasteiger charge is -2.09. The van der Waals surface area contributed by atoms with Crippen LogP contribution in [0.1, 0.15) is 16.8 Å². The molecule has 0 spiro atoms. The maximum Gasteiger partial charge on any atom is 0.341 e. The quantitative estimate of drug-likeness (QED) is 0.630. The molecule has 0 unspecified atom stereocenters. The number of rotatable bonds is 6. The average molecular weight is 260 g/mol. The second-order valence-corrected chi connectivity index (χ2v) is 3.97. The molecule has 6 heteroatoms. The topological polar surface area (TPSA) is 69.0 Å². The fourth-order valence-electron chi connectivity index (χ4n) is 1.71. The van der Waals surface area contributed by atoms with E-state index in [2.05, 4.69) is 15.3 Å². The van der Waals surface area contributed by atoms with Crippen LogP contribution in [0.2, 0.25) is 0 Å². The van der Waals surface area contributed by atoms with Gasteiger partial charge in [-0.05, 0) is 18.6 Å². The van der Waals surface area contributed by atoms with Gasteiger partial charge < -0.3 is 14.6 Å². The largest absolute Gasteiger partial charge is 0.465 e. The summed E-state index contributed by atoms with van der Waals surface area (Å²) in [5.74, 6) is 0.171. The van der Waals surface area contributed by atoms with Gasteiger partial charge in [0.2, 0.25) is 0 Å². The van der Waals surface area contributed by atoms with Crippen LogP contribution in [-0.2, 0) is 11.3 Å². The lowest BCUT2D eigenvalue weighted by molar-refractivity contribution is 0.0601. The molecule has 1 N–H and O–H groups in total. The SMILES string of the molecule is COC(=O)c1cccnc1NCCCn1ccnc1. The van der Waals surface area contributed by atoms with Crippen LogP contribution in [0.25, 0.3) is 0 Å². The van der Waals surface area contributed by atoms with E-state index in [0.29, 0.717) is 11.4 Å². The zero-order chi connectivity index (χ0) is 13.5. The minimum absolute atomic E-state index is 0.384. The van der Waals surface area contributed by atoms with Crippen molar-refractivity contribution < 1.29 is 9.53 Å². The minimum Gasteiger partial charge on any atom is -0.465 e. The molecule has 100 valence electrons. The molecule has 19 heavy (non-hydrogen) atoms. The Bertz CT molecular complexity index is 525. The Morgan fingerprint density at radius 1 is 1.47 bits per heavy atom. The van der Waals surface area contributed by atoms with Gasteiger partial charge >= 0.3 is 5.97 Å². The van der Waals surface area contributed by atoms with Gasteiger partial charge in [-0.1, -0.05) is 0 Å². The number of ether oxygens (including phenoxy) is 1. The van der Waals surface area contributed by atoms with E-state index >= 15 is 0 Å². The number of carbonyl (C=O) groups is 1. The Kier molecular flexibility index (Phi) is 4.49. The molecule has 0 atom stereocenters. The number of carbonyl (C=O) groups excluding carboxylic acids is 1. The monoisotopic (exact) mass is 260 g/mol. The fraction of sp³-hybridized carbons (Fsp3) is 0.308. The van der Waals surface area contributed by atoms with Crippen molar-refractivity contribution in [3.63, 3.8) is 0 Å². The molecule has 0 radical (unpaired) electrons. The smallest absolute Gasteiger partial charge is 0.341 e. The Morgan fingerprint density at radius 2 is 2.37 bits per heavy atom. The van der Waals surface area contributed by atoms with Crippen LogP contribution >= 0.6 is 0 Å². The summed E-state index contributed by atoms with van der Waals surface area (Å²) in [6, 6.07) is 3.40. The molecule has 0 aliphatic heterocycles. The number of nitrogens with one attached hydrogen (secondary N) is 1. The first kappa shape index (κ1) is 13.1. The zero-order valence-corrected chi connectivity index (χ0v) is 10.7. The van der Waals surface area contributed by atoms with E-state index in [1.54, 1.807) is 30.9 Å². The number of nitrogens with zero attached hydrogens (tertiary/aromatic N) is 3. The maximum absolute atomic E-state index is 11.5. The van der Waals surface area contributed by atoms with Crippen molar-refractivity contribution in [3.8, 4) is 0 Å². The minimum atomic E-state index is -0.384. The molecule has 0 aliphatic rings. The van der Waals surface area contributed by atoms with Gasteiger partial charge in [-0.2, -0.15) is 0 Å². The van der Waals surface area contributed by atoms with Gasteiger partial charge in [0.15, 0.2) is 0 Å². The highest BCUT2D eigenvalue weighted by Crippen LogP contribution is 2.12. The van der Waals surface area contributed by atoms with Crippen molar-refractivity contribution >= 4 is 11.8 Å². The van der Waals surface area contributed by atoms with Crippen LogP contribution in [0.5, 0.6) is 0 Å². The molecule has 6 nitrogen and oxygen atoms in total. The first-order valence-electron chi connectivity index (χ1n) is 6.04. The van der Waals surface area contributed by atoms with Crippen LogP contribution < -0.4 is 5.32 Å². The molecular weight excluding hydrogens is 244 g/mol. The number of aryl methyl sites for hydroxylation is 1. The van der Waals surface area contributed by atoms with E-state index in [4.69, 9.17) is 4.74 Å². The van der Waals surface area contributed by atoms with Crippen molar-refractivity contribution in [2.75, 3.05) is 19.0 Å². The van der Waals surface area contributed by atoms with Gasteiger partial charge in [0.05, 0.1) is 13.4 Å². The van der Waals surface area contributed by atoms with E-state index in [1.165, 1.54) is 7.11 Å². The Hall–Kier alpha value is -2.37. The van der Waals surface area contributed by atoms with Gasteiger partial charge in [-0.3, -0.25) is 0 Å². The van der Waals surface area contributed by atoms with Gasteiger partial charge in [0.1, 0.15) is 11.4 Å². The number of methoxy groups -OCH3 is 1. The highest BCUT2D eigenvalue weighted by atomic mass is 16.5. The molecule has 2 rings (SSSR count). The normalized spacial score (nSPS) is 10.2. The number of esters is 1. The highest BCUT2D eigenvalue weighted by Gasteiger charge is 2.11. The summed E-state index contributed by atoms with van der Waals surface area (Å²) in [7, 11) is 1.36. The number of anilines is 1. The molecule has 0 bridgehead atoms. The summed E-state index contributed by atoms with van der Waals surface area (Å²) in [4.78, 5) is 19.7. The summed E-state index contributed by atoms with van der Waals surface area (Å²) >= 11 is 0. The second-order valence-electron chi connectivity index (χ2n) is 3.97. The molecule has 2 aromatic heterocycles. The lowest BCUT2D eigenvalue weighted by Crippen LogP contribution is -2.12. The average Bonchev–Trinajstić information content (AvgIpc) is 2.96. The van der Waals surface area contributed by atoms with E-state index < -0.39 is 0 Å². The molecule has 2 aromatic rings. The molecule has 0 amide bonds. The number of hydrogen-bond donors (Lipinski definition) is 1. The number of hydrogen-bond acceptors (Lipinski definition) is 5. The molecule has 2 heterocycles. The molecule has 0 saturated carbocycles. The van der Waals surface area contributed by atoms with Crippen LogP contribution in [0.3, 0.4) is 0 Å². The number of aromatic nitrogens is 3. The van der Waals surface area contributed by atoms with Crippen molar-refractivity contribution in [3.05, 3.63) is 42.6 Å². The summed E-state index contributed by atoms with van der Waals surface area (Å²) in [5, 5.41) is 3.15. The van der Waals surface area contributed by atoms with Crippen molar-refractivity contribution in [2.45, 2.75) is 13.0 Å². The van der Waals surface area contributed by atoms with Crippen LogP contribution in [0.4, 0.5) is 5.82 Å². The zero-order valence-electron chi connectivity index (χ0n) is 10.7. The van der Waals surface area contributed by atoms with Crippen molar-refractivity contribution in [2.24, 2.45) is 0 Å². The summed E-state index contributed by atoms with van der Waals surface area (Å²) in [6.45, 7) is 1.59. The molecule has 0 aliphatic carbocycles. The summed E-state index contributed by atoms with van der Waals surface area (Å²) in [6.07, 6.45) is 8.00. The van der Waals surface area contributed by atoms with Crippen LogP contribution in [0, 0.1) is 0 Å². The molecule has 0 fully saturated rings. The van der Waals surface area contributed by atoms with Crippen LogP contribution in [0.15, 0.2) is 37.1 Å². The Labute approximate surface area is 111 Å². The predicted octanol–water partition coefficient (Wildman–Crippen LogP) is 1.57. The highest BCUT2D eigenvalue weighted by molar-refractivity contribution is 5.94. The van der Waals surface area contributed by atoms with Gasteiger partial charge in [0.25, 0.3) is 0 Å². The number of pyridine rings is 1. The third kappa shape index (κ3) is 3.54. The standard InChI is InChI=1S/C13H16N4O2/c1-19-13(18)11-4-2-5-15-12(11)16-6-3-8-17-9-7-14-10-17/h2,4-5,7,9-10H,3,6,8H2,1H3,(H,15,16).